The van der Waals surface area contributed by atoms with Crippen LogP contribution in [-0.4, -0.2) is 23.3 Å². The molecule has 0 saturated carbocycles. The topological polar surface area (TPSA) is 49.4 Å². The number of carbonyl (C=O) groups excluding carboxylic acids is 2. The van der Waals surface area contributed by atoms with Crippen molar-refractivity contribution < 1.29 is 9.59 Å². The predicted octanol–water partition coefficient (Wildman–Crippen LogP) is 3.85. The SMILES string of the molecule is Cc1cc(C)cc(NC(=O)[C@@H]2CC(=O)N([C@@H](C)c3ccccc3)C2)c1. The van der Waals surface area contributed by atoms with Crippen molar-refractivity contribution in [2.45, 2.75) is 33.2 Å². The van der Waals surface area contributed by atoms with E-state index in [2.05, 4.69) is 11.4 Å². The summed E-state index contributed by atoms with van der Waals surface area (Å²) in [6.45, 7) is 6.49. The van der Waals surface area contributed by atoms with Gasteiger partial charge >= 0.3 is 0 Å². The Bertz CT molecular complexity index is 765. The van der Waals surface area contributed by atoms with E-state index in [4.69, 9.17) is 0 Å². The van der Waals surface area contributed by atoms with Gasteiger partial charge in [0.05, 0.1) is 12.0 Å². The Hall–Kier alpha value is -2.62. The maximum Gasteiger partial charge on any atom is 0.229 e. The highest BCUT2D eigenvalue weighted by Crippen LogP contribution is 2.29. The highest BCUT2D eigenvalue weighted by atomic mass is 16.2. The van der Waals surface area contributed by atoms with Crippen LogP contribution in [0.3, 0.4) is 0 Å². The number of nitrogens with zero attached hydrogens (tertiary/aromatic N) is 1. The standard InChI is InChI=1S/C21H24N2O2/c1-14-9-15(2)11-19(10-14)22-21(25)18-12-20(24)23(13-18)16(3)17-7-5-4-6-8-17/h4-11,16,18H,12-13H2,1-3H3,(H,22,25)/t16-,18+/m0/s1. The molecule has 1 fully saturated rings. The molecular formula is C21H24N2O2. The van der Waals surface area contributed by atoms with Crippen molar-refractivity contribution in [2.75, 3.05) is 11.9 Å². The number of benzene rings is 2. The smallest absolute Gasteiger partial charge is 0.229 e. The molecule has 2 aromatic rings. The molecule has 4 nitrogen and oxygen atoms in total. The van der Waals surface area contributed by atoms with Gasteiger partial charge in [0, 0.05) is 18.7 Å². The van der Waals surface area contributed by atoms with Gasteiger partial charge in [0.2, 0.25) is 11.8 Å². The Labute approximate surface area is 148 Å². The van der Waals surface area contributed by atoms with Gasteiger partial charge in [0.15, 0.2) is 0 Å². The molecule has 25 heavy (non-hydrogen) atoms. The van der Waals surface area contributed by atoms with Gasteiger partial charge < -0.3 is 10.2 Å². The summed E-state index contributed by atoms with van der Waals surface area (Å²) in [5, 5.41) is 2.97. The van der Waals surface area contributed by atoms with Gasteiger partial charge in [0.25, 0.3) is 0 Å². The molecule has 1 aliphatic heterocycles. The van der Waals surface area contributed by atoms with Crippen LogP contribution >= 0.6 is 0 Å². The first-order valence-electron chi connectivity index (χ1n) is 8.67. The van der Waals surface area contributed by atoms with Gasteiger partial charge in [0.1, 0.15) is 0 Å². The zero-order chi connectivity index (χ0) is 18.0. The molecule has 0 aromatic heterocycles. The van der Waals surface area contributed by atoms with E-state index in [0.717, 1.165) is 22.4 Å². The third kappa shape index (κ3) is 3.90. The summed E-state index contributed by atoms with van der Waals surface area (Å²) in [6, 6.07) is 15.9. The van der Waals surface area contributed by atoms with Gasteiger partial charge in [-0.05, 0) is 49.6 Å². The minimum Gasteiger partial charge on any atom is -0.335 e. The highest BCUT2D eigenvalue weighted by molar-refractivity contribution is 5.97. The zero-order valence-corrected chi connectivity index (χ0v) is 15.0. The molecule has 2 amide bonds. The summed E-state index contributed by atoms with van der Waals surface area (Å²) in [5.41, 5.74) is 4.10. The number of hydrogen-bond acceptors (Lipinski definition) is 2. The molecule has 0 aliphatic carbocycles. The lowest BCUT2D eigenvalue weighted by atomic mass is 10.1. The number of anilines is 1. The molecule has 0 spiro atoms. The second-order valence-corrected chi connectivity index (χ2v) is 6.90. The van der Waals surface area contributed by atoms with Crippen LogP contribution < -0.4 is 5.32 Å². The lowest BCUT2D eigenvalue weighted by molar-refractivity contribution is -0.129. The molecule has 1 saturated heterocycles. The van der Waals surface area contributed by atoms with E-state index in [0.29, 0.717) is 6.54 Å². The summed E-state index contributed by atoms with van der Waals surface area (Å²) >= 11 is 0. The van der Waals surface area contributed by atoms with E-state index in [1.165, 1.54) is 0 Å². The second kappa shape index (κ2) is 7.09. The van der Waals surface area contributed by atoms with E-state index in [9.17, 15) is 9.59 Å². The van der Waals surface area contributed by atoms with Crippen molar-refractivity contribution >= 4 is 17.5 Å². The Morgan fingerprint density at radius 1 is 1.12 bits per heavy atom. The van der Waals surface area contributed by atoms with Crippen molar-refractivity contribution in [3.8, 4) is 0 Å². The van der Waals surface area contributed by atoms with Gasteiger partial charge in [-0.3, -0.25) is 9.59 Å². The van der Waals surface area contributed by atoms with E-state index < -0.39 is 0 Å². The van der Waals surface area contributed by atoms with Crippen LogP contribution in [0.1, 0.15) is 36.1 Å². The maximum atomic E-state index is 12.6. The molecule has 4 heteroatoms. The fourth-order valence-corrected chi connectivity index (χ4v) is 3.48. The number of nitrogens with one attached hydrogen (secondary N) is 1. The quantitative estimate of drug-likeness (QED) is 0.922. The van der Waals surface area contributed by atoms with Crippen molar-refractivity contribution in [2.24, 2.45) is 5.92 Å². The van der Waals surface area contributed by atoms with Gasteiger partial charge in [-0.25, -0.2) is 0 Å². The van der Waals surface area contributed by atoms with Crippen LogP contribution in [0.4, 0.5) is 5.69 Å². The first-order valence-corrected chi connectivity index (χ1v) is 8.67. The highest BCUT2D eigenvalue weighted by Gasteiger charge is 2.37. The molecule has 1 heterocycles. The summed E-state index contributed by atoms with van der Waals surface area (Å²) < 4.78 is 0. The molecule has 3 rings (SSSR count). The summed E-state index contributed by atoms with van der Waals surface area (Å²) in [5.74, 6) is -0.350. The molecule has 130 valence electrons. The first kappa shape index (κ1) is 17.2. The van der Waals surface area contributed by atoms with Crippen LogP contribution in [0.15, 0.2) is 48.5 Å². The zero-order valence-electron chi connectivity index (χ0n) is 15.0. The number of carbonyl (C=O) groups is 2. The lowest BCUT2D eigenvalue weighted by Gasteiger charge is -2.25. The van der Waals surface area contributed by atoms with Crippen molar-refractivity contribution in [3.63, 3.8) is 0 Å². The normalized spacial score (nSPS) is 18.3. The number of hydrogen-bond donors (Lipinski definition) is 1. The number of rotatable bonds is 4. The fraction of sp³-hybridized carbons (Fsp3) is 0.333. The third-order valence-corrected chi connectivity index (χ3v) is 4.77. The van der Waals surface area contributed by atoms with Gasteiger partial charge in [-0.1, -0.05) is 36.4 Å². The Morgan fingerprint density at radius 2 is 1.76 bits per heavy atom. The van der Waals surface area contributed by atoms with Crippen molar-refractivity contribution in [3.05, 3.63) is 65.2 Å². The van der Waals surface area contributed by atoms with Crippen molar-refractivity contribution in [1.29, 1.82) is 0 Å². The minimum atomic E-state index is -0.306. The molecule has 0 bridgehead atoms. The van der Waals surface area contributed by atoms with E-state index in [-0.39, 0.29) is 30.2 Å². The van der Waals surface area contributed by atoms with Crippen LogP contribution in [-0.2, 0) is 9.59 Å². The van der Waals surface area contributed by atoms with Crippen LogP contribution in [0.5, 0.6) is 0 Å². The van der Waals surface area contributed by atoms with E-state index in [1.807, 2.05) is 63.2 Å². The third-order valence-electron chi connectivity index (χ3n) is 4.77. The minimum absolute atomic E-state index is 0.0206. The molecule has 0 unspecified atom stereocenters. The van der Waals surface area contributed by atoms with Crippen LogP contribution in [0.25, 0.3) is 0 Å². The Kier molecular flexibility index (Phi) is 4.88. The molecule has 1 N–H and O–H groups in total. The van der Waals surface area contributed by atoms with Gasteiger partial charge in [-0.15, -0.1) is 0 Å². The molecular weight excluding hydrogens is 312 g/mol. The maximum absolute atomic E-state index is 12.6. The van der Waals surface area contributed by atoms with E-state index >= 15 is 0 Å². The monoisotopic (exact) mass is 336 g/mol. The Morgan fingerprint density at radius 3 is 2.40 bits per heavy atom. The van der Waals surface area contributed by atoms with Crippen molar-refractivity contribution in [1.82, 2.24) is 4.90 Å². The largest absolute Gasteiger partial charge is 0.335 e. The fourth-order valence-electron chi connectivity index (χ4n) is 3.48. The van der Waals surface area contributed by atoms with E-state index in [1.54, 1.807) is 4.90 Å². The van der Waals surface area contributed by atoms with Gasteiger partial charge in [-0.2, -0.15) is 0 Å². The molecule has 2 atom stereocenters. The first-order chi connectivity index (χ1) is 11.9. The van der Waals surface area contributed by atoms with Crippen LogP contribution in [0.2, 0.25) is 0 Å². The summed E-state index contributed by atoms with van der Waals surface area (Å²) in [6.07, 6.45) is 0.272. The molecule has 1 aliphatic rings. The number of likely N-dealkylation sites (tertiary alicyclic amines) is 1. The summed E-state index contributed by atoms with van der Waals surface area (Å²) in [7, 11) is 0. The molecule has 0 radical (unpaired) electrons. The second-order valence-electron chi connectivity index (χ2n) is 6.90. The number of amides is 2. The average Bonchev–Trinajstić information content (AvgIpc) is 2.96. The lowest BCUT2D eigenvalue weighted by Crippen LogP contribution is -2.30. The molecule has 2 aromatic carbocycles. The van der Waals surface area contributed by atoms with Crippen LogP contribution in [0, 0.1) is 19.8 Å². The average molecular weight is 336 g/mol. The number of aryl methyl sites for hydroxylation is 2. The predicted molar refractivity (Wildman–Crippen MR) is 99.2 cm³/mol. The Balaban J connectivity index is 1.68. The summed E-state index contributed by atoms with van der Waals surface area (Å²) in [4.78, 5) is 26.8.